The summed E-state index contributed by atoms with van der Waals surface area (Å²) in [5.41, 5.74) is 3.22. The van der Waals surface area contributed by atoms with Crippen LogP contribution in [0, 0.1) is 0 Å². The molecule has 0 bridgehead atoms. The van der Waals surface area contributed by atoms with Gasteiger partial charge in [0, 0.05) is 43.4 Å². The summed E-state index contributed by atoms with van der Waals surface area (Å²) < 4.78 is 11.3. The summed E-state index contributed by atoms with van der Waals surface area (Å²) in [5.74, 6) is 1.42. The smallest absolute Gasteiger partial charge is 0.264 e. The number of carbonyl (C=O) groups is 2. The molecule has 2 aliphatic rings. The van der Waals surface area contributed by atoms with E-state index in [4.69, 9.17) is 9.47 Å². The molecule has 1 atom stereocenters. The Morgan fingerprint density at radius 3 is 2.73 bits per heavy atom. The first-order valence-corrected chi connectivity index (χ1v) is 9.64. The van der Waals surface area contributed by atoms with E-state index in [9.17, 15) is 9.59 Å². The van der Waals surface area contributed by atoms with Crippen LogP contribution < -0.4 is 19.7 Å². The van der Waals surface area contributed by atoms with Crippen molar-refractivity contribution in [3.8, 4) is 17.4 Å². The number of nitrogens with zero attached hydrogens (tertiary/aromatic N) is 2. The summed E-state index contributed by atoms with van der Waals surface area (Å²) in [7, 11) is 1.73. The van der Waals surface area contributed by atoms with Crippen molar-refractivity contribution in [2.75, 3.05) is 23.9 Å². The minimum Gasteiger partial charge on any atom is -0.481 e. The van der Waals surface area contributed by atoms with Crippen LogP contribution in [0.4, 0.5) is 11.4 Å². The van der Waals surface area contributed by atoms with E-state index in [1.54, 1.807) is 30.3 Å². The highest BCUT2D eigenvalue weighted by molar-refractivity contribution is 6.00. The molecule has 0 aliphatic carbocycles. The van der Waals surface area contributed by atoms with Gasteiger partial charge < -0.3 is 19.7 Å². The van der Waals surface area contributed by atoms with Crippen LogP contribution in [-0.4, -0.2) is 30.5 Å². The van der Waals surface area contributed by atoms with Crippen LogP contribution >= 0.6 is 0 Å². The van der Waals surface area contributed by atoms with E-state index in [-0.39, 0.29) is 24.3 Å². The molecule has 2 aliphatic heterocycles. The Hall–Kier alpha value is -3.87. The Morgan fingerprint density at radius 2 is 1.97 bits per heavy atom. The zero-order valence-corrected chi connectivity index (χ0v) is 16.3. The Bertz CT molecular complexity index is 1130. The maximum absolute atomic E-state index is 12.3. The van der Waals surface area contributed by atoms with E-state index in [1.165, 1.54) is 0 Å². The second-order valence-corrected chi connectivity index (χ2v) is 7.30. The molecule has 2 amide bonds. The lowest BCUT2D eigenvalue weighted by atomic mass is 9.85. The summed E-state index contributed by atoms with van der Waals surface area (Å²) in [6.07, 6.45) is 2.03. The number of hydrogen-bond donors (Lipinski definition) is 1. The minimum atomic E-state index is -0.178. The number of amides is 2. The molecule has 5 rings (SSSR count). The lowest BCUT2D eigenvalue weighted by Gasteiger charge is -2.31. The normalized spacial score (nSPS) is 17.5. The first-order chi connectivity index (χ1) is 14.6. The molecule has 0 unspecified atom stereocenters. The predicted octanol–water partition coefficient (Wildman–Crippen LogP) is 3.70. The fourth-order valence-corrected chi connectivity index (χ4v) is 3.79. The molecular formula is C23H19N3O4. The van der Waals surface area contributed by atoms with Crippen molar-refractivity contribution in [1.29, 1.82) is 0 Å². The lowest BCUT2D eigenvalue weighted by Crippen LogP contribution is -2.36. The van der Waals surface area contributed by atoms with Gasteiger partial charge in [0.2, 0.25) is 11.8 Å². The fraction of sp³-hybridized carbons (Fsp3) is 0.174. The van der Waals surface area contributed by atoms with Gasteiger partial charge in [-0.15, -0.1) is 0 Å². The number of fused-ring (bicyclic) bond motifs is 2. The molecule has 0 radical (unpaired) electrons. The highest BCUT2D eigenvalue weighted by Crippen LogP contribution is 2.44. The molecule has 0 spiro atoms. The molecular weight excluding hydrogens is 382 g/mol. The molecule has 30 heavy (non-hydrogen) atoms. The summed E-state index contributed by atoms with van der Waals surface area (Å²) in [4.78, 5) is 30.4. The molecule has 2 aromatic carbocycles. The van der Waals surface area contributed by atoms with Gasteiger partial charge in [0.1, 0.15) is 11.5 Å². The van der Waals surface area contributed by atoms with Crippen LogP contribution in [0.15, 0.2) is 60.8 Å². The van der Waals surface area contributed by atoms with Crippen molar-refractivity contribution < 1.29 is 19.1 Å². The van der Waals surface area contributed by atoms with Crippen LogP contribution in [0.2, 0.25) is 0 Å². The lowest BCUT2D eigenvalue weighted by molar-refractivity contribution is -0.121. The molecule has 7 nitrogen and oxygen atoms in total. The van der Waals surface area contributed by atoms with Gasteiger partial charge in [0.05, 0.1) is 5.69 Å². The highest BCUT2D eigenvalue weighted by Gasteiger charge is 2.31. The first kappa shape index (κ1) is 18.2. The first-order valence-electron chi connectivity index (χ1n) is 9.64. The monoisotopic (exact) mass is 401 g/mol. The van der Waals surface area contributed by atoms with Gasteiger partial charge >= 0.3 is 0 Å². The van der Waals surface area contributed by atoms with Crippen molar-refractivity contribution in [1.82, 2.24) is 4.98 Å². The molecule has 1 N–H and O–H groups in total. The second-order valence-electron chi connectivity index (χ2n) is 7.30. The SMILES string of the molecule is CN1C(=O)COc2cc3c(cc21)[C@@H](c1ccc(Oc2ccccc2)nc1)CC(=O)N3. The van der Waals surface area contributed by atoms with Crippen LogP contribution in [0.25, 0.3) is 0 Å². The summed E-state index contributed by atoms with van der Waals surface area (Å²) in [5, 5.41) is 2.91. The summed E-state index contributed by atoms with van der Waals surface area (Å²) in [6, 6.07) is 16.9. The number of aromatic nitrogens is 1. The van der Waals surface area contributed by atoms with Crippen LogP contribution in [0.1, 0.15) is 23.5 Å². The van der Waals surface area contributed by atoms with Gasteiger partial charge in [0.25, 0.3) is 5.91 Å². The predicted molar refractivity (Wildman–Crippen MR) is 111 cm³/mol. The quantitative estimate of drug-likeness (QED) is 0.724. The third kappa shape index (κ3) is 3.24. The second kappa shape index (κ2) is 7.18. The molecule has 7 heteroatoms. The Kier molecular flexibility index (Phi) is 4.35. The third-order valence-electron chi connectivity index (χ3n) is 5.38. The number of hydrogen-bond acceptors (Lipinski definition) is 5. The largest absolute Gasteiger partial charge is 0.481 e. The minimum absolute atomic E-state index is 0.00748. The number of likely N-dealkylation sites (N-methyl/N-ethyl adjacent to an activating group) is 1. The molecule has 3 heterocycles. The summed E-state index contributed by atoms with van der Waals surface area (Å²) >= 11 is 0. The zero-order valence-electron chi connectivity index (χ0n) is 16.3. The number of nitrogens with one attached hydrogen (secondary N) is 1. The van der Waals surface area contributed by atoms with Gasteiger partial charge in [-0.25, -0.2) is 4.98 Å². The highest BCUT2D eigenvalue weighted by atomic mass is 16.5. The van der Waals surface area contributed by atoms with Crippen LogP contribution in [-0.2, 0) is 9.59 Å². The topological polar surface area (TPSA) is 80.8 Å². The van der Waals surface area contributed by atoms with E-state index >= 15 is 0 Å². The van der Waals surface area contributed by atoms with Gasteiger partial charge in [-0.1, -0.05) is 24.3 Å². The van der Waals surface area contributed by atoms with Gasteiger partial charge in [-0.2, -0.15) is 0 Å². The van der Waals surface area contributed by atoms with E-state index < -0.39 is 0 Å². The van der Waals surface area contributed by atoms with Gasteiger partial charge in [-0.05, 0) is 29.3 Å². The average Bonchev–Trinajstić information content (AvgIpc) is 2.76. The molecule has 1 aromatic heterocycles. The van der Waals surface area contributed by atoms with Crippen molar-refractivity contribution in [3.05, 3.63) is 71.9 Å². The summed E-state index contributed by atoms with van der Waals surface area (Å²) in [6.45, 7) is -0.00748. The molecule has 0 fully saturated rings. The van der Waals surface area contributed by atoms with Crippen molar-refractivity contribution in [2.45, 2.75) is 12.3 Å². The van der Waals surface area contributed by atoms with E-state index in [0.29, 0.717) is 35.2 Å². The number of rotatable bonds is 3. The number of benzene rings is 2. The molecule has 0 saturated heterocycles. The Labute approximate surface area is 173 Å². The van der Waals surface area contributed by atoms with E-state index in [1.807, 2.05) is 42.5 Å². The van der Waals surface area contributed by atoms with Crippen molar-refractivity contribution in [2.24, 2.45) is 0 Å². The zero-order chi connectivity index (χ0) is 20.7. The number of carbonyl (C=O) groups excluding carboxylic acids is 2. The van der Waals surface area contributed by atoms with Crippen LogP contribution in [0.3, 0.4) is 0 Å². The van der Waals surface area contributed by atoms with E-state index in [2.05, 4.69) is 10.3 Å². The number of para-hydroxylation sites is 1. The average molecular weight is 401 g/mol. The Morgan fingerprint density at radius 1 is 1.13 bits per heavy atom. The standard InChI is InChI=1S/C23H19N3O4/c1-26-19-9-17-16(10-21(27)25-18(17)11-20(19)29-13-23(26)28)14-7-8-22(24-12-14)30-15-5-3-2-4-6-15/h2-9,11-12,16H,10,13H2,1H3,(H,25,27)/t16-/m1/s1. The third-order valence-corrected chi connectivity index (χ3v) is 5.38. The number of anilines is 2. The molecule has 0 saturated carbocycles. The van der Waals surface area contributed by atoms with Gasteiger partial charge in [-0.3, -0.25) is 9.59 Å². The van der Waals surface area contributed by atoms with E-state index in [0.717, 1.165) is 11.1 Å². The van der Waals surface area contributed by atoms with Crippen molar-refractivity contribution in [3.63, 3.8) is 0 Å². The number of ether oxygens (including phenoxy) is 2. The molecule has 3 aromatic rings. The van der Waals surface area contributed by atoms with Crippen molar-refractivity contribution >= 4 is 23.2 Å². The maximum atomic E-state index is 12.3. The fourth-order valence-electron chi connectivity index (χ4n) is 3.79. The van der Waals surface area contributed by atoms with Crippen LogP contribution in [0.5, 0.6) is 17.4 Å². The number of pyridine rings is 1. The maximum Gasteiger partial charge on any atom is 0.264 e. The Balaban J connectivity index is 1.48. The molecule has 150 valence electrons. The van der Waals surface area contributed by atoms with Gasteiger partial charge in [0.15, 0.2) is 6.61 Å².